The Balaban J connectivity index is 2.33. The first-order valence-corrected chi connectivity index (χ1v) is 5.90. The molecule has 0 aliphatic heterocycles. The molecule has 0 N–H and O–H groups in total. The molecular formula is C15H15NO. The number of carbonyl (C=O) groups excluding carboxylic acids is 1. The summed E-state index contributed by atoms with van der Waals surface area (Å²) in [7, 11) is 0. The topological polar surface area (TPSA) is 40.9 Å². The molecule has 1 atom stereocenters. The molecule has 2 heteroatoms. The summed E-state index contributed by atoms with van der Waals surface area (Å²) in [5, 5.41) is 8.77. The number of carbonyl (C=O) groups is 1. The fourth-order valence-electron chi connectivity index (χ4n) is 2.58. The summed E-state index contributed by atoms with van der Waals surface area (Å²) >= 11 is 0. The minimum atomic E-state index is 0.362. The fourth-order valence-corrected chi connectivity index (χ4v) is 2.58. The highest BCUT2D eigenvalue weighted by Gasteiger charge is 2.23. The third kappa shape index (κ3) is 2.29. The van der Waals surface area contributed by atoms with Crippen molar-refractivity contribution < 1.29 is 4.79 Å². The molecule has 0 unspecified atom stereocenters. The maximum absolute atomic E-state index is 10.7. The Morgan fingerprint density at radius 3 is 2.71 bits per heavy atom. The van der Waals surface area contributed by atoms with Gasteiger partial charge in [0.15, 0.2) is 0 Å². The predicted molar refractivity (Wildman–Crippen MR) is 67.2 cm³/mol. The Kier molecular flexibility index (Phi) is 3.39. The predicted octanol–water partition coefficient (Wildman–Crippen LogP) is 3.33. The molecule has 0 radical (unpaired) electrons. The molecule has 0 aromatic heterocycles. The average molecular weight is 225 g/mol. The number of nitrogens with zero attached hydrogens (tertiary/aromatic N) is 1. The van der Waals surface area contributed by atoms with Gasteiger partial charge in [-0.3, -0.25) is 0 Å². The van der Waals surface area contributed by atoms with E-state index in [9.17, 15) is 4.79 Å². The Morgan fingerprint density at radius 2 is 2.12 bits per heavy atom. The van der Waals surface area contributed by atoms with Crippen molar-refractivity contribution in [2.45, 2.75) is 26.2 Å². The van der Waals surface area contributed by atoms with Crippen LogP contribution in [0.4, 0.5) is 0 Å². The highest BCUT2D eigenvalue weighted by molar-refractivity contribution is 5.74. The first kappa shape index (κ1) is 11.6. The molecule has 0 spiro atoms. The summed E-state index contributed by atoms with van der Waals surface area (Å²) in [5.41, 5.74) is 4.52. The molecule has 1 aromatic carbocycles. The zero-order chi connectivity index (χ0) is 12.3. The lowest BCUT2D eigenvalue weighted by Crippen LogP contribution is -2.00. The highest BCUT2D eigenvalue weighted by atomic mass is 16.1. The second-order valence-corrected chi connectivity index (χ2v) is 4.52. The van der Waals surface area contributed by atoms with E-state index in [4.69, 9.17) is 5.26 Å². The molecule has 0 heterocycles. The minimum absolute atomic E-state index is 0.362. The van der Waals surface area contributed by atoms with Crippen molar-refractivity contribution in [2.24, 2.45) is 5.92 Å². The summed E-state index contributed by atoms with van der Waals surface area (Å²) in [6.07, 6.45) is 3.76. The van der Waals surface area contributed by atoms with Crippen molar-refractivity contribution in [3.05, 3.63) is 41.0 Å². The number of aldehydes is 1. The van der Waals surface area contributed by atoms with E-state index in [0.29, 0.717) is 17.9 Å². The van der Waals surface area contributed by atoms with Gasteiger partial charge in [0.05, 0.1) is 11.6 Å². The van der Waals surface area contributed by atoms with Crippen molar-refractivity contribution in [3.63, 3.8) is 0 Å². The largest absolute Gasteiger partial charge is 0.303 e. The van der Waals surface area contributed by atoms with Crippen LogP contribution < -0.4 is 0 Å². The van der Waals surface area contributed by atoms with Gasteiger partial charge >= 0.3 is 0 Å². The van der Waals surface area contributed by atoms with Gasteiger partial charge < -0.3 is 4.79 Å². The van der Waals surface area contributed by atoms with Gasteiger partial charge in [-0.05, 0) is 49.0 Å². The number of rotatable bonds is 3. The molecule has 17 heavy (non-hydrogen) atoms. The SMILES string of the molecule is CC1=C(c2ccc(C#N)cc2)[C@@H](CC=O)CC1. The standard InChI is InChI=1S/C15H15NO/c1-11-2-5-14(8-9-17)15(11)13-6-3-12(10-16)4-7-13/h3-4,6-7,9,14H,2,5,8H2,1H3/t14-/m1/s1. The molecule has 2 nitrogen and oxygen atoms in total. The van der Waals surface area contributed by atoms with Crippen molar-refractivity contribution in [1.82, 2.24) is 0 Å². The van der Waals surface area contributed by atoms with Crippen LogP contribution in [-0.2, 0) is 4.79 Å². The van der Waals surface area contributed by atoms with E-state index < -0.39 is 0 Å². The molecule has 0 fully saturated rings. The second kappa shape index (κ2) is 4.97. The zero-order valence-corrected chi connectivity index (χ0v) is 9.94. The Labute approximate surface area is 102 Å². The van der Waals surface area contributed by atoms with Crippen LogP contribution in [0.3, 0.4) is 0 Å². The molecule has 1 aliphatic carbocycles. The van der Waals surface area contributed by atoms with Crippen LogP contribution in [0.2, 0.25) is 0 Å². The molecule has 86 valence electrons. The number of allylic oxidation sites excluding steroid dienone is 2. The Bertz CT molecular complexity index is 491. The highest BCUT2D eigenvalue weighted by Crippen LogP contribution is 2.40. The van der Waals surface area contributed by atoms with Crippen molar-refractivity contribution in [3.8, 4) is 6.07 Å². The third-order valence-electron chi connectivity index (χ3n) is 3.44. The summed E-state index contributed by atoms with van der Waals surface area (Å²) in [6.45, 7) is 2.14. The van der Waals surface area contributed by atoms with Crippen LogP contribution in [0, 0.1) is 17.2 Å². The summed E-state index contributed by atoms with van der Waals surface area (Å²) in [4.78, 5) is 10.7. The van der Waals surface area contributed by atoms with Gasteiger partial charge in [0.1, 0.15) is 6.29 Å². The molecule has 0 saturated heterocycles. The third-order valence-corrected chi connectivity index (χ3v) is 3.44. The van der Waals surface area contributed by atoms with Gasteiger partial charge in [-0.2, -0.15) is 5.26 Å². The second-order valence-electron chi connectivity index (χ2n) is 4.52. The first-order valence-electron chi connectivity index (χ1n) is 5.90. The zero-order valence-electron chi connectivity index (χ0n) is 9.94. The van der Waals surface area contributed by atoms with E-state index in [1.807, 2.05) is 24.3 Å². The van der Waals surface area contributed by atoms with Gasteiger partial charge in [-0.25, -0.2) is 0 Å². The van der Waals surface area contributed by atoms with Crippen molar-refractivity contribution in [2.75, 3.05) is 0 Å². The van der Waals surface area contributed by atoms with E-state index in [1.165, 1.54) is 11.1 Å². The first-order chi connectivity index (χ1) is 8.26. The quantitative estimate of drug-likeness (QED) is 0.740. The van der Waals surface area contributed by atoms with Gasteiger partial charge in [-0.15, -0.1) is 0 Å². The number of nitriles is 1. The maximum Gasteiger partial charge on any atom is 0.120 e. The molecule has 2 rings (SSSR count). The lowest BCUT2D eigenvalue weighted by molar-refractivity contribution is -0.108. The Hall–Kier alpha value is -1.88. The molecule has 1 aliphatic rings. The molecular weight excluding hydrogens is 210 g/mol. The Morgan fingerprint density at radius 1 is 1.41 bits per heavy atom. The number of benzene rings is 1. The van der Waals surface area contributed by atoms with Gasteiger partial charge in [0, 0.05) is 6.42 Å². The number of hydrogen-bond acceptors (Lipinski definition) is 2. The lowest BCUT2D eigenvalue weighted by Gasteiger charge is -2.13. The average Bonchev–Trinajstić information content (AvgIpc) is 2.71. The lowest BCUT2D eigenvalue weighted by atomic mass is 9.91. The molecule has 0 bridgehead atoms. The summed E-state index contributed by atoms with van der Waals surface area (Å²) < 4.78 is 0. The minimum Gasteiger partial charge on any atom is -0.303 e. The van der Waals surface area contributed by atoms with Crippen LogP contribution in [0.15, 0.2) is 29.8 Å². The summed E-state index contributed by atoms with van der Waals surface area (Å²) in [5.74, 6) is 0.362. The van der Waals surface area contributed by atoms with E-state index in [0.717, 1.165) is 24.7 Å². The van der Waals surface area contributed by atoms with Crippen molar-refractivity contribution in [1.29, 1.82) is 5.26 Å². The normalized spacial score (nSPS) is 19.2. The monoisotopic (exact) mass is 225 g/mol. The fraction of sp³-hybridized carbons (Fsp3) is 0.333. The van der Waals surface area contributed by atoms with Crippen LogP contribution in [0.1, 0.15) is 37.3 Å². The van der Waals surface area contributed by atoms with Crippen LogP contribution in [0.25, 0.3) is 5.57 Å². The smallest absolute Gasteiger partial charge is 0.120 e. The molecule has 0 amide bonds. The maximum atomic E-state index is 10.7. The van der Waals surface area contributed by atoms with Gasteiger partial charge in [0.25, 0.3) is 0 Å². The summed E-state index contributed by atoms with van der Waals surface area (Å²) in [6, 6.07) is 9.77. The van der Waals surface area contributed by atoms with E-state index in [2.05, 4.69) is 13.0 Å². The van der Waals surface area contributed by atoms with Crippen LogP contribution >= 0.6 is 0 Å². The van der Waals surface area contributed by atoms with Crippen molar-refractivity contribution >= 4 is 11.9 Å². The molecule has 1 aromatic rings. The van der Waals surface area contributed by atoms with Gasteiger partial charge in [0.2, 0.25) is 0 Å². The van der Waals surface area contributed by atoms with E-state index in [-0.39, 0.29) is 0 Å². The van der Waals surface area contributed by atoms with E-state index >= 15 is 0 Å². The number of hydrogen-bond donors (Lipinski definition) is 0. The van der Waals surface area contributed by atoms with Gasteiger partial charge in [-0.1, -0.05) is 17.7 Å². The van der Waals surface area contributed by atoms with Crippen LogP contribution in [-0.4, -0.2) is 6.29 Å². The van der Waals surface area contributed by atoms with Crippen LogP contribution in [0.5, 0.6) is 0 Å². The van der Waals surface area contributed by atoms with E-state index in [1.54, 1.807) is 0 Å². The molecule has 0 saturated carbocycles.